The number of rotatable bonds is 6. The van der Waals surface area contributed by atoms with Crippen molar-refractivity contribution in [3.63, 3.8) is 0 Å². The molecule has 7 heteroatoms. The van der Waals surface area contributed by atoms with Gasteiger partial charge in [0.1, 0.15) is 0 Å². The van der Waals surface area contributed by atoms with Crippen molar-refractivity contribution in [3.8, 4) is 5.69 Å². The van der Waals surface area contributed by atoms with Crippen LogP contribution in [0.5, 0.6) is 0 Å². The lowest BCUT2D eigenvalue weighted by atomic mass is 10.2. The topological polar surface area (TPSA) is 88.3 Å². The molecule has 0 radical (unpaired) electrons. The van der Waals surface area contributed by atoms with Gasteiger partial charge in [-0.15, -0.1) is 5.10 Å². The zero-order valence-electron chi connectivity index (χ0n) is 12.5. The van der Waals surface area contributed by atoms with Crippen molar-refractivity contribution in [2.75, 3.05) is 6.54 Å². The Kier molecular flexibility index (Phi) is 4.88. The predicted octanol–water partition coefficient (Wildman–Crippen LogP) is 1.59. The van der Waals surface area contributed by atoms with Crippen LogP contribution in [0.25, 0.3) is 5.69 Å². The van der Waals surface area contributed by atoms with Gasteiger partial charge in [0.2, 0.25) is 0 Å². The summed E-state index contributed by atoms with van der Waals surface area (Å²) in [5, 5.41) is 17.0. The lowest BCUT2D eigenvalue weighted by Gasteiger charge is -2.25. The Bertz CT molecular complexity index is 652. The number of carbonyl (C=O) groups is 2. The van der Waals surface area contributed by atoms with E-state index < -0.39 is 5.97 Å². The quantitative estimate of drug-likeness (QED) is 0.875. The fourth-order valence-corrected chi connectivity index (χ4v) is 2.00. The number of para-hydroxylation sites is 1. The molecule has 1 amide bonds. The zero-order valence-corrected chi connectivity index (χ0v) is 12.5. The Labute approximate surface area is 128 Å². The van der Waals surface area contributed by atoms with E-state index in [1.807, 2.05) is 44.2 Å². The molecule has 0 aliphatic rings. The van der Waals surface area contributed by atoms with Crippen molar-refractivity contribution in [1.29, 1.82) is 0 Å². The first-order valence-electron chi connectivity index (χ1n) is 6.99. The van der Waals surface area contributed by atoms with Gasteiger partial charge in [-0.05, 0) is 26.0 Å². The number of aromatic nitrogens is 3. The molecule has 7 nitrogen and oxygen atoms in total. The summed E-state index contributed by atoms with van der Waals surface area (Å²) in [6.07, 6.45) is 1.29. The summed E-state index contributed by atoms with van der Waals surface area (Å²) in [6, 6.07) is 9.14. The molecule has 2 rings (SSSR count). The first kappa shape index (κ1) is 15.7. The number of carboxylic acid groups (broad SMARTS) is 1. The molecule has 1 aromatic carbocycles. The predicted molar refractivity (Wildman–Crippen MR) is 79.8 cm³/mol. The fourth-order valence-electron chi connectivity index (χ4n) is 2.00. The van der Waals surface area contributed by atoms with Crippen LogP contribution in [0.15, 0.2) is 36.5 Å². The van der Waals surface area contributed by atoms with Crippen LogP contribution in [0.2, 0.25) is 0 Å². The van der Waals surface area contributed by atoms with Crippen LogP contribution in [-0.2, 0) is 4.79 Å². The summed E-state index contributed by atoms with van der Waals surface area (Å²) < 4.78 is 0. The van der Waals surface area contributed by atoms with E-state index in [-0.39, 0.29) is 30.6 Å². The first-order chi connectivity index (χ1) is 10.5. The number of benzene rings is 1. The van der Waals surface area contributed by atoms with Crippen LogP contribution in [0.1, 0.15) is 30.8 Å². The maximum absolute atomic E-state index is 12.5. The SMILES string of the molecule is CC(C)N(CCC(=O)O)C(=O)c1cnn(-c2ccccc2)n1. The molecule has 0 spiro atoms. The minimum atomic E-state index is -0.939. The molecule has 22 heavy (non-hydrogen) atoms. The third-order valence-electron chi connectivity index (χ3n) is 3.15. The second-order valence-electron chi connectivity index (χ2n) is 5.09. The van der Waals surface area contributed by atoms with Gasteiger partial charge in [-0.3, -0.25) is 9.59 Å². The lowest BCUT2D eigenvalue weighted by Crippen LogP contribution is -2.38. The molecule has 0 unspecified atom stereocenters. The van der Waals surface area contributed by atoms with Crippen molar-refractivity contribution in [1.82, 2.24) is 19.9 Å². The van der Waals surface area contributed by atoms with Gasteiger partial charge < -0.3 is 10.0 Å². The summed E-state index contributed by atoms with van der Waals surface area (Å²) in [5.41, 5.74) is 0.950. The van der Waals surface area contributed by atoms with Crippen LogP contribution in [0.4, 0.5) is 0 Å². The van der Waals surface area contributed by atoms with Gasteiger partial charge >= 0.3 is 5.97 Å². The van der Waals surface area contributed by atoms with Gasteiger partial charge in [0, 0.05) is 12.6 Å². The number of hydrogen-bond acceptors (Lipinski definition) is 4. The van der Waals surface area contributed by atoms with Gasteiger partial charge in [0.05, 0.1) is 18.3 Å². The van der Waals surface area contributed by atoms with E-state index in [2.05, 4.69) is 10.2 Å². The molecule has 116 valence electrons. The van der Waals surface area contributed by atoms with Crippen LogP contribution in [0, 0.1) is 0 Å². The molecule has 0 saturated heterocycles. The Morgan fingerprint density at radius 1 is 1.27 bits per heavy atom. The number of hydrogen-bond donors (Lipinski definition) is 1. The number of carbonyl (C=O) groups excluding carboxylic acids is 1. The van der Waals surface area contributed by atoms with Crippen LogP contribution in [-0.4, -0.2) is 49.5 Å². The molecule has 1 N–H and O–H groups in total. The first-order valence-corrected chi connectivity index (χ1v) is 6.99. The molecular weight excluding hydrogens is 284 g/mol. The zero-order chi connectivity index (χ0) is 16.1. The normalized spacial score (nSPS) is 10.7. The van der Waals surface area contributed by atoms with Crippen molar-refractivity contribution in [3.05, 3.63) is 42.2 Å². The molecule has 0 aliphatic heterocycles. The smallest absolute Gasteiger partial charge is 0.305 e. The van der Waals surface area contributed by atoms with Crippen molar-refractivity contribution in [2.24, 2.45) is 0 Å². The van der Waals surface area contributed by atoms with E-state index in [9.17, 15) is 9.59 Å². The second-order valence-corrected chi connectivity index (χ2v) is 5.09. The molecular formula is C15H18N4O3. The minimum Gasteiger partial charge on any atom is -0.481 e. The minimum absolute atomic E-state index is 0.100. The number of aliphatic carboxylic acids is 1. The molecule has 0 atom stereocenters. The summed E-state index contributed by atoms with van der Waals surface area (Å²) >= 11 is 0. The van der Waals surface area contributed by atoms with Gasteiger partial charge in [-0.1, -0.05) is 18.2 Å². The Balaban J connectivity index is 2.17. The number of amides is 1. The third kappa shape index (κ3) is 3.69. The summed E-state index contributed by atoms with van der Waals surface area (Å²) in [4.78, 5) is 26.0. The van der Waals surface area contributed by atoms with Gasteiger partial charge in [-0.25, -0.2) is 0 Å². The van der Waals surface area contributed by atoms with Crippen LogP contribution < -0.4 is 0 Å². The van der Waals surface area contributed by atoms with E-state index in [1.54, 1.807) is 0 Å². The van der Waals surface area contributed by atoms with Gasteiger partial charge in [0.25, 0.3) is 5.91 Å². The standard InChI is InChI=1S/C15H18N4O3/c1-11(2)18(9-8-14(20)21)15(22)13-10-16-19(17-13)12-6-4-3-5-7-12/h3-7,10-11H,8-9H2,1-2H3,(H,20,21). The van der Waals surface area contributed by atoms with Crippen LogP contribution in [0.3, 0.4) is 0 Å². The molecule has 0 fully saturated rings. The van der Waals surface area contributed by atoms with E-state index >= 15 is 0 Å². The summed E-state index contributed by atoms with van der Waals surface area (Å²) in [7, 11) is 0. The molecule has 2 aromatic rings. The lowest BCUT2D eigenvalue weighted by molar-refractivity contribution is -0.137. The van der Waals surface area contributed by atoms with Crippen molar-refractivity contribution in [2.45, 2.75) is 26.3 Å². The monoisotopic (exact) mass is 302 g/mol. The highest BCUT2D eigenvalue weighted by molar-refractivity contribution is 5.92. The van der Waals surface area contributed by atoms with Crippen LogP contribution >= 0.6 is 0 Å². The number of carboxylic acids is 1. The Morgan fingerprint density at radius 3 is 2.55 bits per heavy atom. The summed E-state index contributed by atoms with van der Waals surface area (Å²) in [5.74, 6) is -1.26. The molecule has 1 heterocycles. The van der Waals surface area contributed by atoms with E-state index in [0.29, 0.717) is 0 Å². The molecule has 0 saturated carbocycles. The number of nitrogens with zero attached hydrogens (tertiary/aromatic N) is 4. The second kappa shape index (κ2) is 6.84. The van der Waals surface area contributed by atoms with E-state index in [0.717, 1.165) is 5.69 Å². The fraction of sp³-hybridized carbons (Fsp3) is 0.333. The highest BCUT2D eigenvalue weighted by Crippen LogP contribution is 2.09. The van der Waals surface area contributed by atoms with E-state index in [4.69, 9.17) is 5.11 Å². The highest BCUT2D eigenvalue weighted by atomic mass is 16.4. The Morgan fingerprint density at radius 2 is 1.95 bits per heavy atom. The maximum Gasteiger partial charge on any atom is 0.305 e. The highest BCUT2D eigenvalue weighted by Gasteiger charge is 2.22. The third-order valence-corrected chi connectivity index (χ3v) is 3.15. The average molecular weight is 302 g/mol. The van der Waals surface area contributed by atoms with E-state index in [1.165, 1.54) is 15.9 Å². The molecule has 1 aromatic heterocycles. The maximum atomic E-state index is 12.5. The molecule has 0 bridgehead atoms. The largest absolute Gasteiger partial charge is 0.481 e. The molecule has 0 aliphatic carbocycles. The Hall–Kier alpha value is -2.70. The average Bonchev–Trinajstić information content (AvgIpc) is 2.97. The summed E-state index contributed by atoms with van der Waals surface area (Å²) in [6.45, 7) is 3.81. The van der Waals surface area contributed by atoms with Crippen molar-refractivity contribution < 1.29 is 14.7 Å². The van der Waals surface area contributed by atoms with Gasteiger partial charge in [0.15, 0.2) is 5.69 Å². The van der Waals surface area contributed by atoms with Gasteiger partial charge in [-0.2, -0.15) is 9.90 Å². The van der Waals surface area contributed by atoms with Crippen molar-refractivity contribution >= 4 is 11.9 Å².